The summed E-state index contributed by atoms with van der Waals surface area (Å²) in [7, 11) is -0.830. The number of ether oxygens (including phenoxy) is 1. The average Bonchev–Trinajstić information content (AvgIpc) is 3.13. The maximum absolute atomic E-state index is 12.7. The maximum Gasteiger partial charge on any atom is 1.00 e. The van der Waals surface area contributed by atoms with Gasteiger partial charge in [0.2, 0.25) is 0 Å². The largest absolute Gasteiger partial charge is 1.00 e. The van der Waals surface area contributed by atoms with Crippen LogP contribution in [0.25, 0.3) is 10.9 Å². The van der Waals surface area contributed by atoms with Gasteiger partial charge in [0.05, 0.1) is 17.6 Å². The molecule has 10 heteroatoms. The van der Waals surface area contributed by atoms with Crippen LogP contribution in [-0.4, -0.2) is 37.1 Å². The second kappa shape index (κ2) is 10.9. The van der Waals surface area contributed by atoms with E-state index in [9.17, 15) is 23.4 Å². The number of aromatic nitrogens is 1. The molecule has 0 unspecified atom stereocenters. The summed E-state index contributed by atoms with van der Waals surface area (Å²) in [6, 6.07) is 15.9. The van der Waals surface area contributed by atoms with Gasteiger partial charge in [-0.25, -0.2) is 4.79 Å². The monoisotopic (exact) mass is 514 g/mol. The van der Waals surface area contributed by atoms with Crippen molar-refractivity contribution < 1.29 is 57.7 Å². The van der Waals surface area contributed by atoms with E-state index in [2.05, 4.69) is 4.40 Å². The average molecular weight is 515 g/mol. The van der Waals surface area contributed by atoms with Crippen LogP contribution in [0.1, 0.15) is 32.6 Å². The van der Waals surface area contributed by atoms with Crippen molar-refractivity contribution >= 4 is 32.8 Å². The molecule has 1 heterocycles. The molecule has 4 aromatic rings. The molecule has 0 aliphatic carbocycles. The maximum atomic E-state index is 12.7. The summed E-state index contributed by atoms with van der Waals surface area (Å²) < 4.78 is 36.2. The van der Waals surface area contributed by atoms with Crippen LogP contribution in [0.2, 0.25) is 0 Å². The van der Waals surface area contributed by atoms with E-state index >= 15 is 0 Å². The van der Waals surface area contributed by atoms with Crippen LogP contribution in [0.4, 0.5) is 0 Å². The number of rotatable bonds is 7. The number of aryl methyl sites for hydroxylation is 2. The molecule has 3 aromatic carbocycles. The number of hydrogen-bond donors (Lipinski definition) is 1. The van der Waals surface area contributed by atoms with Gasteiger partial charge in [-0.15, -0.1) is 0 Å². The summed E-state index contributed by atoms with van der Waals surface area (Å²) >= 11 is 0. The fourth-order valence-electron chi connectivity index (χ4n) is 4.03. The smallest absolute Gasteiger partial charge is 0.858 e. The van der Waals surface area contributed by atoms with Crippen LogP contribution in [0.5, 0.6) is 5.75 Å². The standard InChI is InChI=1S/C26H24N2O6S.Na/c1-16-6-4-5-7-24(16)35(32,33)27-25(29)18-9-8-17(23(14-18)34-3)12-20-15-28(2)22-11-10-19(26(30)31)13-21(20)22;/h4-11,13-15H,12H2,1-3H3,(H,27,29)(H,30,31);/q;+1/p-1. The van der Waals surface area contributed by atoms with Crippen molar-refractivity contribution in [2.24, 2.45) is 11.4 Å². The third kappa shape index (κ3) is 5.49. The zero-order chi connectivity index (χ0) is 25.3. The molecular weight excluding hydrogens is 491 g/mol. The Balaban J connectivity index is 0.00000361. The Labute approximate surface area is 231 Å². The molecule has 1 aromatic heterocycles. The number of nitrogens with zero attached hydrogens (tertiary/aromatic N) is 2. The van der Waals surface area contributed by atoms with Gasteiger partial charge in [0.25, 0.3) is 10.0 Å². The van der Waals surface area contributed by atoms with Crippen molar-refractivity contribution in [3.63, 3.8) is 0 Å². The summed E-state index contributed by atoms with van der Waals surface area (Å²) in [5.41, 5.74) is 3.28. The fourth-order valence-corrected chi connectivity index (χ4v) is 5.18. The molecule has 0 spiro atoms. The summed E-state index contributed by atoms with van der Waals surface area (Å²) in [5, 5.41) is 22.9. The first kappa shape index (κ1) is 27.5. The molecule has 0 bridgehead atoms. The Bertz CT molecular complexity index is 1590. The number of sulfonamides is 1. The van der Waals surface area contributed by atoms with E-state index in [1.165, 1.54) is 25.3 Å². The van der Waals surface area contributed by atoms with Crippen LogP contribution in [0.15, 0.2) is 76.2 Å². The number of carbonyl (C=O) groups is 1. The van der Waals surface area contributed by atoms with E-state index < -0.39 is 21.9 Å². The van der Waals surface area contributed by atoms with Gasteiger partial charge in [0.15, 0.2) is 0 Å². The molecule has 0 atom stereocenters. The second-order valence-electron chi connectivity index (χ2n) is 8.14. The fraction of sp³-hybridized carbons (Fsp3) is 0.154. The van der Waals surface area contributed by atoms with Gasteiger partial charge in [-0.2, -0.15) is 12.8 Å². The molecule has 0 aliphatic rings. The minimum absolute atomic E-state index is 0. The Kier molecular flexibility index (Phi) is 8.30. The van der Waals surface area contributed by atoms with Crippen molar-refractivity contribution in [1.29, 1.82) is 0 Å². The summed E-state index contributed by atoms with van der Waals surface area (Å²) in [5.74, 6) is -1.51. The summed E-state index contributed by atoms with van der Waals surface area (Å²) in [6.07, 6.45) is 2.33. The Morgan fingerprint density at radius 3 is 2.42 bits per heavy atom. The number of hydrogen-bond acceptors (Lipinski definition) is 5. The molecule has 36 heavy (non-hydrogen) atoms. The molecule has 0 amide bonds. The number of aromatic carboxylic acids is 1. The van der Waals surface area contributed by atoms with Crippen molar-refractivity contribution in [1.82, 2.24) is 4.57 Å². The van der Waals surface area contributed by atoms with Gasteiger partial charge in [0, 0.05) is 36.5 Å². The molecule has 0 radical (unpaired) electrons. The van der Waals surface area contributed by atoms with Crippen molar-refractivity contribution in [2.75, 3.05) is 7.11 Å². The Morgan fingerprint density at radius 1 is 1.06 bits per heavy atom. The van der Waals surface area contributed by atoms with E-state index in [1.54, 1.807) is 49.4 Å². The van der Waals surface area contributed by atoms with Crippen molar-refractivity contribution in [2.45, 2.75) is 18.2 Å². The normalized spacial score (nSPS) is 11.8. The van der Waals surface area contributed by atoms with Gasteiger partial charge >= 0.3 is 35.5 Å². The minimum Gasteiger partial charge on any atom is -0.858 e. The zero-order valence-corrected chi connectivity index (χ0v) is 23.2. The van der Waals surface area contributed by atoms with E-state index in [0.717, 1.165) is 22.0 Å². The topological polar surface area (TPSA) is 121 Å². The molecule has 4 rings (SSSR count). The predicted octanol–water partition coefficient (Wildman–Crippen LogP) is 0.284. The third-order valence-electron chi connectivity index (χ3n) is 5.81. The molecule has 8 nitrogen and oxygen atoms in total. The van der Waals surface area contributed by atoms with Gasteiger partial charge in [-0.3, -0.25) is 0 Å². The molecular formula is C26H23N2NaO6S. The first-order chi connectivity index (χ1) is 16.6. The van der Waals surface area contributed by atoms with Crippen LogP contribution in [0, 0.1) is 6.92 Å². The van der Waals surface area contributed by atoms with Crippen LogP contribution in [-0.2, 0) is 23.5 Å². The van der Waals surface area contributed by atoms with Crippen molar-refractivity contribution in [3.8, 4) is 5.75 Å². The molecule has 0 aliphatic heterocycles. The SMILES string of the molecule is COc1cc(C([O-])=NS(=O)(=O)c2ccccc2C)ccc1Cc1cn(C)c2ccc(C(=O)O)cc12.[Na+]. The van der Waals surface area contributed by atoms with Gasteiger partial charge in [0.1, 0.15) is 5.75 Å². The molecule has 0 fully saturated rings. The summed E-state index contributed by atoms with van der Waals surface area (Å²) in [6.45, 7) is 1.64. The quantitative estimate of drug-likeness (QED) is 0.215. The molecule has 0 saturated heterocycles. The van der Waals surface area contributed by atoms with Crippen LogP contribution < -0.4 is 39.4 Å². The number of carboxylic acid groups (broad SMARTS) is 1. The van der Waals surface area contributed by atoms with E-state index in [-0.39, 0.29) is 45.6 Å². The van der Waals surface area contributed by atoms with E-state index in [4.69, 9.17) is 4.74 Å². The first-order valence-corrected chi connectivity index (χ1v) is 12.1. The van der Waals surface area contributed by atoms with Crippen molar-refractivity contribution in [3.05, 3.63) is 94.7 Å². The number of carboxylic acids is 1. The van der Waals surface area contributed by atoms with E-state index in [0.29, 0.717) is 17.7 Å². The van der Waals surface area contributed by atoms with Crippen LogP contribution in [0.3, 0.4) is 0 Å². The van der Waals surface area contributed by atoms with E-state index in [1.807, 2.05) is 17.8 Å². The predicted molar refractivity (Wildman–Crippen MR) is 131 cm³/mol. The summed E-state index contributed by atoms with van der Waals surface area (Å²) in [4.78, 5) is 11.4. The molecule has 0 saturated carbocycles. The number of fused-ring (bicyclic) bond motifs is 1. The molecule has 180 valence electrons. The van der Waals surface area contributed by atoms with Gasteiger partial charge in [-0.05, 0) is 59.5 Å². The minimum atomic E-state index is -4.17. The first-order valence-electron chi connectivity index (χ1n) is 10.7. The number of benzene rings is 3. The molecule has 1 N–H and O–H groups in total. The third-order valence-corrected chi connectivity index (χ3v) is 7.23. The Morgan fingerprint density at radius 2 is 1.75 bits per heavy atom. The Hall–Kier alpha value is -3.11. The van der Waals surface area contributed by atoms with Gasteiger partial charge < -0.3 is 19.5 Å². The number of methoxy groups -OCH3 is 1. The second-order valence-corrected chi connectivity index (χ2v) is 9.72. The van der Waals surface area contributed by atoms with Gasteiger partial charge in [-0.1, -0.05) is 30.3 Å². The zero-order valence-electron chi connectivity index (χ0n) is 20.3. The van der Waals surface area contributed by atoms with Crippen LogP contribution >= 0.6 is 0 Å².